The first-order chi connectivity index (χ1) is 63.4. The number of likely N-dealkylation sites (N-methyl/N-ethyl adjacent to an activating group) is 3. The van der Waals surface area contributed by atoms with Gasteiger partial charge in [0.25, 0.3) is 17.0 Å². The van der Waals surface area contributed by atoms with E-state index in [1.165, 1.54) is 24.6 Å². The lowest BCUT2D eigenvalue weighted by Gasteiger charge is -2.46. The second-order valence-corrected chi connectivity index (χ2v) is 40.3. The summed E-state index contributed by atoms with van der Waals surface area (Å²) in [6, 6.07) is 27.8. The topological polar surface area (TPSA) is 395 Å². The molecule has 0 spiro atoms. The molecule has 6 aromatic heterocycles. The maximum Gasteiger partial charge on any atom is 0.295 e. The van der Waals surface area contributed by atoms with Gasteiger partial charge in [0.15, 0.2) is 38.2 Å². The first-order valence-corrected chi connectivity index (χ1v) is 50.3. The number of para-hydroxylation sites is 1. The number of benzene rings is 5. The Kier molecular flexibility index (Phi) is 29.2. The highest BCUT2D eigenvalue weighted by Crippen LogP contribution is 2.46. The highest BCUT2D eigenvalue weighted by Gasteiger charge is 2.48. The van der Waals surface area contributed by atoms with Gasteiger partial charge in [0, 0.05) is 127 Å². The van der Waals surface area contributed by atoms with Crippen LogP contribution < -0.4 is 34.8 Å². The maximum absolute atomic E-state index is 13.4. The van der Waals surface area contributed by atoms with Crippen LogP contribution in [0.4, 0.5) is 0 Å². The first kappa shape index (κ1) is 95.1. The van der Waals surface area contributed by atoms with Crippen molar-refractivity contribution in [1.29, 1.82) is 0 Å². The summed E-state index contributed by atoms with van der Waals surface area (Å²) in [7, 11) is -1.63. The lowest BCUT2D eigenvalue weighted by atomic mass is 9.86. The van der Waals surface area contributed by atoms with Gasteiger partial charge >= 0.3 is 0 Å². The molecular weight excluding hydrogens is 1750 g/mol. The number of amides is 3. The summed E-state index contributed by atoms with van der Waals surface area (Å²) in [4.78, 5) is 98.1. The van der Waals surface area contributed by atoms with Crippen molar-refractivity contribution in [2.75, 3.05) is 126 Å². The fourth-order valence-electron chi connectivity index (χ4n) is 18.5. The van der Waals surface area contributed by atoms with Gasteiger partial charge in [-0.2, -0.15) is 18.8 Å². The number of H-pyrrole nitrogens is 3. The van der Waals surface area contributed by atoms with Crippen LogP contribution in [0.25, 0.3) is 50.2 Å². The molecule has 13 heterocycles. The Labute approximate surface area is 768 Å². The van der Waals surface area contributed by atoms with Gasteiger partial charge in [-0.1, -0.05) is 71.7 Å². The second kappa shape index (κ2) is 40.5. The molecule has 704 valence electrons. The summed E-state index contributed by atoms with van der Waals surface area (Å²) < 4.78 is 116. The molecule has 3 atom stereocenters. The van der Waals surface area contributed by atoms with Gasteiger partial charge in [-0.05, 0) is 183 Å². The van der Waals surface area contributed by atoms with E-state index in [9.17, 15) is 49.2 Å². The zero-order valence-corrected chi connectivity index (χ0v) is 79.8. The molecule has 18 rings (SSSR count). The van der Waals surface area contributed by atoms with Crippen LogP contribution in [0.15, 0.2) is 126 Å². The summed E-state index contributed by atoms with van der Waals surface area (Å²) in [6.45, 7) is 23.7. The Morgan fingerprint density at radius 2 is 1.19 bits per heavy atom. The van der Waals surface area contributed by atoms with E-state index in [2.05, 4.69) is 81.9 Å². The van der Waals surface area contributed by atoms with Crippen molar-refractivity contribution in [3.05, 3.63) is 174 Å². The molecule has 3 amide bonds. The van der Waals surface area contributed by atoms with Gasteiger partial charge in [0.1, 0.15) is 46.1 Å². The first-order valence-electron chi connectivity index (χ1n) is 45.7. The number of likely N-dealkylation sites (tertiary alicyclic amines) is 1. The van der Waals surface area contributed by atoms with E-state index in [1.807, 2.05) is 78.1 Å². The van der Waals surface area contributed by atoms with Crippen molar-refractivity contribution in [3.63, 3.8) is 0 Å². The average Bonchev–Trinajstić information content (AvgIpc) is 1.55. The molecule has 7 aliphatic rings. The third-order valence-corrected chi connectivity index (χ3v) is 31.0. The number of sulfone groups is 1. The van der Waals surface area contributed by atoms with Crippen LogP contribution in [0, 0.1) is 6.92 Å². The Morgan fingerprint density at radius 1 is 0.576 bits per heavy atom. The molecule has 0 aliphatic carbocycles. The number of aryl methyl sites for hydroxylation is 6. The molecule has 0 radical (unpaired) electrons. The zero-order chi connectivity index (χ0) is 93.8. The number of hydrogen-bond donors (Lipinski definition) is 3. The van der Waals surface area contributed by atoms with Crippen LogP contribution in [-0.4, -0.2) is 273 Å². The molecule has 4 saturated heterocycles. The average molecular weight is 1870 g/mol. The van der Waals surface area contributed by atoms with E-state index in [4.69, 9.17) is 28.7 Å². The van der Waals surface area contributed by atoms with Crippen molar-refractivity contribution in [1.82, 2.24) is 87.2 Å². The number of nitrogens with one attached hydrogen (secondary N) is 3. The number of imidazole rings is 1. The van der Waals surface area contributed by atoms with Crippen LogP contribution in [-0.2, 0) is 85.7 Å². The standard InChI is InChI=1S/C27H38N4O4S.C23H32N6O4S.C22H30N6O4S.C22H19N3O4/c1-5-9-23-22-18-24(28-27(32)26(22)31(4)29-23)21-17-20(12-13-25(21)35-15-6-2)36(33,34)16-8-11-19-10-7-14-30(19)3;1-5-8-20-24-16(4)21-23(30)25-22(26-29(20)21)18-15-17(9-10-19(18)33-7-3)34(31,32)28-13-11-27(6-2)12-14-28;1-5-7-17-19-20(27(4)25-17)22(29)24-21(23-19)16-14-15(8-9-18(16)32-6-2)33(30,31)28-12-10-26(3)11-13-28;1-24-10-19(26)25-16(22(24)27)9-14-13-4-2-3-5-15(13)23-20(14)21(25)12-6-7-17-18(8-12)29-11-28-17/h12-13,17,19H,5-11,14-16,18H2,1-4H3;9-10,15H,5-8,11-14H2,1-4H3,(H,25,26,30);8-9,14H,5-7,10-13H2,1-4H3,(H,23,24,29);2-8,16,21,23H,9-11H2,1H3/t;;;16-,21-/m...1/s1. The highest BCUT2D eigenvalue weighted by molar-refractivity contribution is 7.91. The predicted molar refractivity (Wildman–Crippen MR) is 501 cm³/mol. The molecule has 3 N–H and O–H groups in total. The second-order valence-electron chi connectivity index (χ2n) is 34.3. The van der Waals surface area contributed by atoms with Crippen molar-refractivity contribution < 1.29 is 63.3 Å². The van der Waals surface area contributed by atoms with Crippen molar-refractivity contribution >= 4 is 80.8 Å². The summed E-state index contributed by atoms with van der Waals surface area (Å²) in [6.07, 6.45) is 10.3. The normalized spacial score (nSPS) is 18.1. The predicted octanol–water partition coefficient (Wildman–Crippen LogP) is 9.89. The summed E-state index contributed by atoms with van der Waals surface area (Å²) in [5.74, 6) is 3.69. The molecular formula is C94H119N19O16S3. The van der Waals surface area contributed by atoms with Crippen LogP contribution >= 0.6 is 0 Å². The number of carbonyl (C=O) groups excluding carboxylic acids is 3. The number of aromatic amines is 3. The minimum atomic E-state index is -3.71. The number of piperazine rings is 3. The number of sulfonamides is 2. The Balaban J connectivity index is 0.000000135. The van der Waals surface area contributed by atoms with Crippen molar-refractivity contribution in [3.8, 4) is 51.5 Å². The molecule has 0 bridgehead atoms. The van der Waals surface area contributed by atoms with E-state index in [0.29, 0.717) is 195 Å². The number of aromatic nitrogens is 11. The number of rotatable bonds is 27. The van der Waals surface area contributed by atoms with E-state index >= 15 is 0 Å². The number of carbonyl (C=O) groups is 3. The van der Waals surface area contributed by atoms with E-state index in [1.54, 1.807) is 96.8 Å². The SMILES string of the molecule is CCCOc1ccc(S(=O)(=O)CCCC2CCCN2C)cc1C1=NC(=O)c2c(c(CCC)nn2C)C1.CCCc1nc(C)c2c(=O)[nH]c(-c3cc(S(=O)(=O)N4CCN(CC)CC4)ccc3OCC)nn12.CCCc1nn(C)c2c(=O)[nH]c(-c3cc(S(=O)(=O)N4CCN(C)CC4)ccc3OCC)nc12.CN1CC(=O)N2[C@H](c3ccc4c(c3)OCO4)c3[nH]c4ccccc4c3C[C@@H]2C1=O. The van der Waals surface area contributed by atoms with Gasteiger partial charge in [0.2, 0.25) is 38.7 Å². The Morgan fingerprint density at radius 3 is 1.84 bits per heavy atom. The number of nitrogens with zero attached hydrogens (tertiary/aromatic N) is 16. The smallest absolute Gasteiger partial charge is 0.295 e. The Bertz CT molecular complexity index is 6680. The lowest BCUT2D eigenvalue weighted by Crippen LogP contribution is -2.62. The van der Waals surface area contributed by atoms with Gasteiger partial charge < -0.3 is 63.1 Å². The fourth-order valence-corrected chi connectivity index (χ4v) is 22.8. The largest absolute Gasteiger partial charge is 0.493 e. The van der Waals surface area contributed by atoms with Gasteiger partial charge in [-0.25, -0.2) is 44.7 Å². The van der Waals surface area contributed by atoms with Gasteiger partial charge in [0.05, 0.1) is 86.8 Å². The van der Waals surface area contributed by atoms with Gasteiger partial charge in [-0.15, -0.1) is 5.10 Å². The third kappa shape index (κ3) is 19.5. The summed E-state index contributed by atoms with van der Waals surface area (Å²) in [5, 5.41) is 14.8. The van der Waals surface area contributed by atoms with E-state index in [0.717, 1.165) is 103 Å². The molecule has 5 aromatic carbocycles. The minimum absolute atomic E-state index is 0.0220. The molecule has 0 saturated carbocycles. The Hall–Kier alpha value is -11.5. The van der Waals surface area contributed by atoms with Crippen LogP contribution in [0.2, 0.25) is 0 Å². The molecule has 35 nitrogen and oxygen atoms in total. The van der Waals surface area contributed by atoms with Crippen molar-refractivity contribution in [2.24, 2.45) is 19.1 Å². The zero-order valence-electron chi connectivity index (χ0n) is 77.4. The third-order valence-electron chi connectivity index (χ3n) is 25.4. The molecule has 132 heavy (non-hydrogen) atoms. The van der Waals surface area contributed by atoms with Crippen LogP contribution in [0.3, 0.4) is 0 Å². The fraction of sp³-hybridized carbons (Fsp3) is 0.479. The number of fused-ring (bicyclic) bond motifs is 8. The molecule has 1 unspecified atom stereocenters. The summed E-state index contributed by atoms with van der Waals surface area (Å²) in [5.41, 5.74) is 10.2. The molecule has 11 aromatic rings. The molecule has 4 fully saturated rings. The van der Waals surface area contributed by atoms with Crippen LogP contribution in [0.5, 0.6) is 28.7 Å². The summed E-state index contributed by atoms with van der Waals surface area (Å²) >= 11 is 0. The molecule has 7 aliphatic heterocycles. The number of hydrogen-bond acceptors (Lipinski definition) is 24. The van der Waals surface area contributed by atoms with E-state index in [-0.39, 0.29) is 80.3 Å². The number of ether oxygens (including phenoxy) is 5. The monoisotopic (exact) mass is 1870 g/mol. The minimum Gasteiger partial charge on any atom is -0.493 e. The van der Waals surface area contributed by atoms with Crippen LogP contribution in [0.1, 0.15) is 167 Å². The quantitative estimate of drug-likeness (QED) is 0.0431. The highest BCUT2D eigenvalue weighted by atomic mass is 32.2. The lowest BCUT2D eigenvalue weighted by molar-refractivity contribution is -0.157. The van der Waals surface area contributed by atoms with Gasteiger partial charge in [-0.3, -0.25) is 33.3 Å². The van der Waals surface area contributed by atoms with Crippen molar-refractivity contribution in [2.45, 2.75) is 172 Å². The maximum atomic E-state index is 13.4. The molecule has 38 heteroatoms. The number of aliphatic imine (C=N–C) groups is 1. The van der Waals surface area contributed by atoms with E-state index < -0.39 is 35.9 Å².